The number of anilines is 1. The number of ether oxygens (including phenoxy) is 2. The van der Waals surface area contributed by atoms with Crippen LogP contribution in [0.2, 0.25) is 0 Å². The van der Waals surface area contributed by atoms with Crippen molar-refractivity contribution in [2.45, 2.75) is 53.5 Å². The van der Waals surface area contributed by atoms with E-state index in [2.05, 4.69) is 15.2 Å². The Kier molecular flexibility index (Phi) is 10.4. The molecule has 4 atom stereocenters. The lowest BCUT2D eigenvalue weighted by atomic mass is 10.0. The molecule has 2 aliphatic heterocycles. The van der Waals surface area contributed by atoms with Gasteiger partial charge in [-0.25, -0.2) is 14.8 Å². The van der Waals surface area contributed by atoms with Crippen LogP contribution in [0.15, 0.2) is 30.3 Å². The molecule has 12 nitrogen and oxygen atoms in total. The summed E-state index contributed by atoms with van der Waals surface area (Å²) in [6.07, 6.45) is 1.40. The smallest absolute Gasteiger partial charge is 0.409 e. The van der Waals surface area contributed by atoms with Crippen LogP contribution in [-0.4, -0.2) is 102 Å². The molecule has 3 fully saturated rings. The Bertz CT molecular complexity index is 1410. The van der Waals surface area contributed by atoms with Crippen molar-refractivity contribution in [2.24, 2.45) is 23.7 Å². The second-order valence-electron chi connectivity index (χ2n) is 12.8. The lowest BCUT2D eigenvalue weighted by molar-refractivity contribution is -0.145. The van der Waals surface area contributed by atoms with Crippen molar-refractivity contribution in [3.63, 3.8) is 0 Å². The first-order valence-electron chi connectivity index (χ1n) is 16.5. The molecule has 1 saturated carbocycles. The zero-order chi connectivity index (χ0) is 33.0. The molecule has 3 amide bonds. The number of rotatable bonds is 11. The molecule has 1 N–H and O–H groups in total. The minimum absolute atomic E-state index is 0.0799. The van der Waals surface area contributed by atoms with Crippen molar-refractivity contribution in [1.82, 2.24) is 25.1 Å². The molecule has 46 heavy (non-hydrogen) atoms. The van der Waals surface area contributed by atoms with Crippen molar-refractivity contribution < 1.29 is 28.7 Å². The van der Waals surface area contributed by atoms with Gasteiger partial charge in [0.1, 0.15) is 17.6 Å². The molecule has 0 radical (unpaired) electrons. The Morgan fingerprint density at radius 1 is 0.935 bits per heavy atom. The van der Waals surface area contributed by atoms with Crippen molar-refractivity contribution in [1.29, 1.82) is 0 Å². The number of carbonyl (C=O) groups excluding carboxylic acids is 4. The van der Waals surface area contributed by atoms with Gasteiger partial charge >= 0.3 is 12.1 Å². The van der Waals surface area contributed by atoms with Crippen LogP contribution in [0.1, 0.15) is 56.6 Å². The quantitative estimate of drug-likeness (QED) is 0.291. The molecule has 1 aliphatic carbocycles. The van der Waals surface area contributed by atoms with Crippen LogP contribution in [0.4, 0.5) is 10.6 Å². The highest BCUT2D eigenvalue weighted by Gasteiger charge is 2.60. The molecule has 12 heteroatoms. The third-order valence-electron chi connectivity index (χ3n) is 9.12. The molecule has 2 saturated heterocycles. The van der Waals surface area contributed by atoms with E-state index in [4.69, 9.17) is 14.5 Å². The average Bonchev–Trinajstić information content (AvgIpc) is 3.56. The van der Waals surface area contributed by atoms with Gasteiger partial charge in [-0.15, -0.1) is 0 Å². The van der Waals surface area contributed by atoms with Crippen molar-refractivity contribution in [3.8, 4) is 11.4 Å². The van der Waals surface area contributed by atoms with Crippen LogP contribution in [0, 0.1) is 30.6 Å². The number of piperidine rings is 1. The maximum Gasteiger partial charge on any atom is 0.409 e. The van der Waals surface area contributed by atoms with Crippen molar-refractivity contribution in [3.05, 3.63) is 41.6 Å². The summed E-state index contributed by atoms with van der Waals surface area (Å²) in [6, 6.07) is 8.68. The largest absolute Gasteiger partial charge is 0.466 e. The monoisotopic (exact) mass is 634 g/mol. The SMILES string of the molecule is CCCCOC(=O)N1CCN(C(=O)[C@@H](NC(=O)c2cc(N3C[C@@H]4C(C(=O)OCC)[C@@H]4C3)nc(-c3ccc(C)cc3)n2)C(C)C)CC1. The summed E-state index contributed by atoms with van der Waals surface area (Å²) in [6.45, 7) is 13.1. The zero-order valence-electron chi connectivity index (χ0n) is 27.5. The molecule has 0 bridgehead atoms. The Labute approximate surface area is 270 Å². The molecule has 3 aliphatic rings. The molecule has 2 aromatic rings. The maximum absolute atomic E-state index is 13.8. The molecule has 1 unspecified atom stereocenters. The molecule has 5 rings (SSSR count). The molecule has 248 valence electrons. The minimum atomic E-state index is -0.776. The van der Waals surface area contributed by atoms with E-state index in [0.717, 1.165) is 24.0 Å². The Morgan fingerprint density at radius 3 is 2.20 bits per heavy atom. The summed E-state index contributed by atoms with van der Waals surface area (Å²) in [5.41, 5.74) is 2.04. The van der Waals surface area contributed by atoms with Gasteiger partial charge in [0.15, 0.2) is 5.82 Å². The van der Waals surface area contributed by atoms with E-state index in [1.54, 1.807) is 15.9 Å². The van der Waals surface area contributed by atoms with Gasteiger partial charge in [-0.1, -0.05) is 57.0 Å². The van der Waals surface area contributed by atoms with Crippen LogP contribution in [0.3, 0.4) is 0 Å². The number of aryl methyl sites for hydroxylation is 1. The van der Waals surface area contributed by atoms with E-state index in [1.165, 1.54) is 0 Å². The Balaban J connectivity index is 1.29. The number of amides is 3. The van der Waals surface area contributed by atoms with Gasteiger partial charge in [0.2, 0.25) is 5.91 Å². The van der Waals surface area contributed by atoms with Gasteiger partial charge in [0, 0.05) is 50.9 Å². The molecular weight excluding hydrogens is 588 g/mol. The normalized spacial score (nSPS) is 21.1. The molecule has 3 heterocycles. The highest BCUT2D eigenvalue weighted by Crippen LogP contribution is 2.53. The van der Waals surface area contributed by atoms with E-state index < -0.39 is 11.9 Å². The predicted molar refractivity (Wildman–Crippen MR) is 172 cm³/mol. The summed E-state index contributed by atoms with van der Waals surface area (Å²) >= 11 is 0. The number of nitrogens with one attached hydrogen (secondary N) is 1. The minimum Gasteiger partial charge on any atom is -0.466 e. The van der Waals surface area contributed by atoms with Gasteiger partial charge in [-0.3, -0.25) is 14.4 Å². The lowest BCUT2D eigenvalue weighted by Crippen LogP contribution is -2.57. The second-order valence-corrected chi connectivity index (χ2v) is 12.8. The number of hydrogen-bond acceptors (Lipinski definition) is 9. The fourth-order valence-corrected chi connectivity index (χ4v) is 6.28. The van der Waals surface area contributed by atoms with Crippen molar-refractivity contribution >= 4 is 29.7 Å². The number of unbranched alkanes of at least 4 members (excludes halogenated alkanes) is 1. The Hall–Kier alpha value is -4.22. The van der Waals surface area contributed by atoms with E-state index in [1.807, 2.05) is 58.9 Å². The number of esters is 1. The summed E-state index contributed by atoms with van der Waals surface area (Å²) in [5, 5.41) is 2.95. The fourth-order valence-electron chi connectivity index (χ4n) is 6.28. The standard InChI is InChI=1S/C34H46N6O6/c1-6-8-17-46-34(44)39-15-13-38(14-16-39)32(42)29(21(3)4)37-31(41)26-18-27(36-30(35-26)23-11-9-22(5)10-12-23)40-19-24-25(20-40)28(24)33(43)45-7-2/h9-12,18,21,24-25,28-29H,6-8,13-17,19-20H2,1-5H3,(H,37,41)/t24-,25+,28?,29-/m0/s1. The maximum atomic E-state index is 13.8. The number of fused-ring (bicyclic) bond motifs is 1. The van der Waals surface area contributed by atoms with Crippen LogP contribution in [0.25, 0.3) is 11.4 Å². The van der Waals surface area contributed by atoms with E-state index >= 15 is 0 Å². The summed E-state index contributed by atoms with van der Waals surface area (Å²) in [5.74, 6) is 0.375. The van der Waals surface area contributed by atoms with Crippen molar-refractivity contribution in [2.75, 3.05) is 57.4 Å². The van der Waals surface area contributed by atoms with Crippen LogP contribution in [0.5, 0.6) is 0 Å². The fraction of sp³-hybridized carbons (Fsp3) is 0.588. The van der Waals surface area contributed by atoms with Crippen LogP contribution < -0.4 is 10.2 Å². The summed E-state index contributed by atoms with van der Waals surface area (Å²) < 4.78 is 10.6. The summed E-state index contributed by atoms with van der Waals surface area (Å²) in [4.78, 5) is 67.0. The first-order valence-corrected chi connectivity index (χ1v) is 16.5. The van der Waals surface area contributed by atoms with Gasteiger partial charge in [0.25, 0.3) is 5.91 Å². The molecular formula is C34H46N6O6. The second kappa shape index (κ2) is 14.5. The average molecular weight is 635 g/mol. The topological polar surface area (TPSA) is 134 Å². The number of benzene rings is 1. The Morgan fingerprint density at radius 2 is 1.59 bits per heavy atom. The van der Waals surface area contributed by atoms with Gasteiger partial charge in [0.05, 0.1) is 19.1 Å². The first kappa shape index (κ1) is 33.2. The number of carbonyl (C=O) groups is 4. The van der Waals surface area contributed by atoms with E-state index in [-0.39, 0.29) is 47.3 Å². The van der Waals surface area contributed by atoms with E-state index in [9.17, 15) is 19.2 Å². The van der Waals surface area contributed by atoms with E-state index in [0.29, 0.717) is 64.1 Å². The van der Waals surface area contributed by atoms with Gasteiger partial charge in [-0.2, -0.15) is 0 Å². The number of aromatic nitrogens is 2. The van der Waals surface area contributed by atoms with Crippen LogP contribution in [-0.2, 0) is 19.1 Å². The summed E-state index contributed by atoms with van der Waals surface area (Å²) in [7, 11) is 0. The highest BCUT2D eigenvalue weighted by molar-refractivity contribution is 5.97. The van der Waals surface area contributed by atoms with Gasteiger partial charge in [-0.05, 0) is 38.0 Å². The van der Waals surface area contributed by atoms with Crippen LogP contribution >= 0.6 is 0 Å². The predicted octanol–water partition coefficient (Wildman–Crippen LogP) is 3.53. The number of hydrogen-bond donors (Lipinski definition) is 1. The highest BCUT2D eigenvalue weighted by atomic mass is 16.6. The third kappa shape index (κ3) is 7.42. The zero-order valence-corrected chi connectivity index (χ0v) is 27.5. The molecule has 1 aromatic heterocycles. The molecule has 1 aromatic carbocycles. The number of piperazine rings is 1. The lowest BCUT2D eigenvalue weighted by Gasteiger charge is -2.36. The van der Waals surface area contributed by atoms with Gasteiger partial charge < -0.3 is 29.5 Å². The first-order chi connectivity index (χ1) is 22.1. The number of nitrogens with zero attached hydrogens (tertiary/aromatic N) is 5. The third-order valence-corrected chi connectivity index (χ3v) is 9.12. The molecule has 0 spiro atoms.